The van der Waals surface area contributed by atoms with Gasteiger partial charge >= 0.3 is 6.18 Å². The number of hydrogen-bond acceptors (Lipinski definition) is 4. The van der Waals surface area contributed by atoms with Crippen LogP contribution in [0.25, 0.3) is 0 Å². The molecular weight excluding hydrogens is 283 g/mol. The van der Waals surface area contributed by atoms with E-state index in [1.807, 2.05) is 0 Å². The average Bonchev–Trinajstić information content (AvgIpc) is 2.72. The molecule has 0 spiro atoms. The Balaban J connectivity index is 2.09. The topological polar surface area (TPSA) is 51.0 Å². The summed E-state index contributed by atoms with van der Waals surface area (Å²) in [6, 6.07) is 2.52. The second-order valence-electron chi connectivity index (χ2n) is 3.84. The molecule has 0 atom stereocenters. The number of aryl methyl sites for hydroxylation is 1. The molecule has 2 heterocycles. The van der Waals surface area contributed by atoms with E-state index in [1.54, 1.807) is 13.0 Å². The van der Waals surface area contributed by atoms with Crippen LogP contribution in [0.3, 0.4) is 0 Å². The Hall–Kier alpha value is -1.76. The van der Waals surface area contributed by atoms with Crippen LogP contribution in [0, 0.1) is 6.92 Å². The summed E-state index contributed by atoms with van der Waals surface area (Å²) in [5.41, 5.74) is -0.179. The maximum atomic E-state index is 12.4. The second-order valence-corrected chi connectivity index (χ2v) is 4.25. The predicted molar refractivity (Wildman–Crippen MR) is 62.8 cm³/mol. The highest BCUT2D eigenvalue weighted by atomic mass is 35.5. The van der Waals surface area contributed by atoms with E-state index in [-0.39, 0.29) is 17.4 Å². The largest absolute Gasteiger partial charge is 0.417 e. The number of rotatable bonds is 3. The first-order valence-electron chi connectivity index (χ1n) is 5.25. The quantitative estimate of drug-likeness (QED) is 0.937. The van der Waals surface area contributed by atoms with Gasteiger partial charge in [-0.1, -0.05) is 16.8 Å². The Bertz CT molecular complexity index is 583. The van der Waals surface area contributed by atoms with Crippen molar-refractivity contribution in [3.05, 3.63) is 40.4 Å². The zero-order valence-electron chi connectivity index (χ0n) is 9.75. The van der Waals surface area contributed by atoms with Crippen LogP contribution in [-0.4, -0.2) is 10.1 Å². The number of halogens is 4. The molecule has 2 rings (SSSR count). The van der Waals surface area contributed by atoms with E-state index in [2.05, 4.69) is 15.5 Å². The molecule has 0 saturated carbocycles. The molecule has 8 heteroatoms. The van der Waals surface area contributed by atoms with Crippen molar-refractivity contribution >= 4 is 17.4 Å². The molecule has 0 fully saturated rings. The summed E-state index contributed by atoms with van der Waals surface area (Å²) in [4.78, 5) is 3.64. The van der Waals surface area contributed by atoms with Crippen molar-refractivity contribution in [2.75, 3.05) is 5.32 Å². The van der Waals surface area contributed by atoms with Crippen LogP contribution in [0.5, 0.6) is 0 Å². The van der Waals surface area contributed by atoms with Crippen molar-refractivity contribution in [2.45, 2.75) is 19.6 Å². The Morgan fingerprint density at radius 3 is 2.63 bits per heavy atom. The van der Waals surface area contributed by atoms with Gasteiger partial charge in [0.2, 0.25) is 0 Å². The summed E-state index contributed by atoms with van der Waals surface area (Å²) in [6.07, 6.45) is -3.74. The van der Waals surface area contributed by atoms with Crippen LogP contribution < -0.4 is 5.32 Å². The van der Waals surface area contributed by atoms with Crippen LogP contribution >= 0.6 is 11.6 Å². The molecule has 0 unspecified atom stereocenters. The third kappa shape index (κ3) is 3.37. The van der Waals surface area contributed by atoms with Crippen molar-refractivity contribution in [2.24, 2.45) is 0 Å². The normalized spacial score (nSPS) is 11.6. The molecule has 0 saturated heterocycles. The molecule has 1 N–H and O–H groups in total. The van der Waals surface area contributed by atoms with Gasteiger partial charge in [0.1, 0.15) is 5.82 Å². The molecule has 19 heavy (non-hydrogen) atoms. The number of aromatic nitrogens is 2. The van der Waals surface area contributed by atoms with Gasteiger partial charge in [0, 0.05) is 12.3 Å². The first kappa shape index (κ1) is 13.7. The van der Waals surface area contributed by atoms with Gasteiger partial charge in [0.25, 0.3) is 0 Å². The highest BCUT2D eigenvalue weighted by Crippen LogP contribution is 2.32. The van der Waals surface area contributed by atoms with Crippen molar-refractivity contribution < 1.29 is 17.7 Å². The third-order valence-electron chi connectivity index (χ3n) is 2.28. The van der Waals surface area contributed by atoms with Gasteiger partial charge in [-0.2, -0.15) is 13.2 Å². The Labute approximate surface area is 111 Å². The summed E-state index contributed by atoms with van der Waals surface area (Å²) in [5, 5.41) is 6.35. The summed E-state index contributed by atoms with van der Waals surface area (Å²) in [6.45, 7) is 2.00. The minimum absolute atomic E-state index is 0.105. The van der Waals surface area contributed by atoms with E-state index in [9.17, 15) is 13.2 Å². The SMILES string of the molecule is Cc1cc(CNc2ncc(C(F)(F)F)cc2Cl)on1. The smallest absolute Gasteiger partial charge is 0.361 e. The molecule has 2 aromatic rings. The summed E-state index contributed by atoms with van der Waals surface area (Å²) in [7, 11) is 0. The highest BCUT2D eigenvalue weighted by Gasteiger charge is 2.31. The standard InChI is InChI=1S/C11H9ClF3N3O/c1-6-2-8(19-18-6)5-17-10-9(12)3-7(4-16-10)11(13,14)15/h2-4H,5H2,1H3,(H,16,17). The van der Waals surface area contributed by atoms with E-state index < -0.39 is 11.7 Å². The third-order valence-corrected chi connectivity index (χ3v) is 2.56. The van der Waals surface area contributed by atoms with Crippen LogP contribution in [0.15, 0.2) is 22.9 Å². The molecule has 0 radical (unpaired) electrons. The Morgan fingerprint density at radius 1 is 1.37 bits per heavy atom. The minimum atomic E-state index is -4.46. The molecule has 0 aromatic carbocycles. The van der Waals surface area contributed by atoms with Gasteiger partial charge in [0.05, 0.1) is 22.8 Å². The summed E-state index contributed by atoms with van der Waals surface area (Å²) in [5.74, 6) is 0.694. The molecule has 4 nitrogen and oxygen atoms in total. The Kier molecular flexibility index (Phi) is 3.66. The van der Waals surface area contributed by atoms with E-state index in [0.717, 1.165) is 12.3 Å². The molecule has 0 bridgehead atoms. The van der Waals surface area contributed by atoms with Gasteiger partial charge in [-0.3, -0.25) is 0 Å². The van der Waals surface area contributed by atoms with Crippen LogP contribution in [0.2, 0.25) is 5.02 Å². The second kappa shape index (κ2) is 5.08. The number of anilines is 1. The lowest BCUT2D eigenvalue weighted by Crippen LogP contribution is -2.07. The first-order chi connectivity index (χ1) is 8.86. The number of nitrogens with one attached hydrogen (secondary N) is 1. The minimum Gasteiger partial charge on any atom is -0.361 e. The molecular formula is C11H9ClF3N3O. The van der Waals surface area contributed by atoms with Crippen molar-refractivity contribution in [3.63, 3.8) is 0 Å². The molecule has 0 aliphatic carbocycles. The monoisotopic (exact) mass is 291 g/mol. The lowest BCUT2D eigenvalue weighted by molar-refractivity contribution is -0.137. The fraction of sp³-hybridized carbons (Fsp3) is 0.273. The number of nitrogens with zero attached hydrogens (tertiary/aromatic N) is 2. The Morgan fingerprint density at radius 2 is 2.11 bits per heavy atom. The van der Waals surface area contributed by atoms with E-state index in [1.165, 1.54) is 0 Å². The zero-order chi connectivity index (χ0) is 14.0. The van der Waals surface area contributed by atoms with Gasteiger partial charge < -0.3 is 9.84 Å². The average molecular weight is 292 g/mol. The van der Waals surface area contributed by atoms with Crippen LogP contribution in [0.4, 0.5) is 19.0 Å². The fourth-order valence-electron chi connectivity index (χ4n) is 1.39. The lowest BCUT2D eigenvalue weighted by atomic mass is 10.2. The predicted octanol–water partition coefficient (Wildman–Crippen LogP) is 3.66. The molecule has 0 amide bonds. The van der Waals surface area contributed by atoms with Crippen molar-refractivity contribution in [1.82, 2.24) is 10.1 Å². The first-order valence-corrected chi connectivity index (χ1v) is 5.63. The van der Waals surface area contributed by atoms with E-state index in [0.29, 0.717) is 11.5 Å². The number of alkyl halides is 3. The molecule has 0 aliphatic heterocycles. The van der Waals surface area contributed by atoms with Crippen molar-refractivity contribution in [1.29, 1.82) is 0 Å². The summed E-state index contributed by atoms with van der Waals surface area (Å²) >= 11 is 5.74. The molecule has 2 aromatic heterocycles. The van der Waals surface area contributed by atoms with Crippen LogP contribution in [-0.2, 0) is 12.7 Å². The molecule has 102 valence electrons. The zero-order valence-corrected chi connectivity index (χ0v) is 10.5. The van der Waals surface area contributed by atoms with E-state index >= 15 is 0 Å². The number of hydrogen-bond donors (Lipinski definition) is 1. The highest BCUT2D eigenvalue weighted by molar-refractivity contribution is 6.32. The van der Waals surface area contributed by atoms with Gasteiger partial charge in [0.15, 0.2) is 5.76 Å². The van der Waals surface area contributed by atoms with Gasteiger partial charge in [-0.15, -0.1) is 0 Å². The van der Waals surface area contributed by atoms with Crippen LogP contribution in [0.1, 0.15) is 17.0 Å². The molecule has 0 aliphatic rings. The lowest BCUT2D eigenvalue weighted by Gasteiger charge is -2.09. The van der Waals surface area contributed by atoms with E-state index in [4.69, 9.17) is 16.1 Å². The van der Waals surface area contributed by atoms with Gasteiger partial charge in [-0.05, 0) is 13.0 Å². The number of pyridine rings is 1. The maximum Gasteiger partial charge on any atom is 0.417 e. The summed E-state index contributed by atoms with van der Waals surface area (Å²) < 4.78 is 42.2. The fourth-order valence-corrected chi connectivity index (χ4v) is 1.63. The van der Waals surface area contributed by atoms with Crippen molar-refractivity contribution in [3.8, 4) is 0 Å². The maximum absolute atomic E-state index is 12.4. The van der Waals surface area contributed by atoms with Gasteiger partial charge in [-0.25, -0.2) is 4.98 Å².